The number of aliphatic hydroxyl groups is 1. The second-order valence-electron chi connectivity index (χ2n) is 7.51. The van der Waals surface area contributed by atoms with E-state index in [1.807, 2.05) is 13.8 Å². The Bertz CT molecular complexity index is 928. The SMILES string of the molecule is CC(C)c1cc(F)c2cnc(N[C@@H]3CCN(S(=O)(=O)C(C)C)C[C@H]3O)nn12. The summed E-state index contributed by atoms with van der Waals surface area (Å²) in [6, 6.07) is 1.06. The number of halogens is 1. The Hall–Kier alpha value is -1.78. The summed E-state index contributed by atoms with van der Waals surface area (Å²) >= 11 is 0. The summed E-state index contributed by atoms with van der Waals surface area (Å²) in [5.41, 5.74) is 1.02. The van der Waals surface area contributed by atoms with Crippen LogP contribution in [-0.2, 0) is 10.0 Å². The lowest BCUT2D eigenvalue weighted by atomic mass is 10.0. The molecule has 2 aromatic heterocycles. The van der Waals surface area contributed by atoms with Crippen LogP contribution in [0.3, 0.4) is 0 Å². The van der Waals surface area contributed by atoms with Gasteiger partial charge in [0, 0.05) is 18.8 Å². The average molecular weight is 399 g/mol. The fraction of sp³-hybridized carbons (Fsp3) is 0.647. The minimum atomic E-state index is -3.40. The first-order chi connectivity index (χ1) is 12.6. The zero-order valence-corrected chi connectivity index (χ0v) is 16.7. The molecule has 3 rings (SSSR count). The first-order valence-electron chi connectivity index (χ1n) is 9.09. The summed E-state index contributed by atoms with van der Waals surface area (Å²) in [7, 11) is -3.40. The molecule has 150 valence electrons. The molecule has 27 heavy (non-hydrogen) atoms. The molecule has 1 aliphatic rings. The Labute approximate surface area is 158 Å². The molecule has 0 aromatic carbocycles. The molecule has 8 nitrogen and oxygen atoms in total. The highest BCUT2D eigenvalue weighted by Crippen LogP contribution is 2.23. The Balaban J connectivity index is 1.77. The van der Waals surface area contributed by atoms with Crippen LogP contribution in [0.25, 0.3) is 5.52 Å². The largest absolute Gasteiger partial charge is 0.390 e. The minimum absolute atomic E-state index is 0.0236. The molecule has 10 heteroatoms. The number of anilines is 1. The van der Waals surface area contributed by atoms with E-state index in [0.717, 1.165) is 5.69 Å². The molecule has 0 spiro atoms. The number of β-amino-alcohol motifs (C(OH)–C–C–N with tert-alkyl or cyclic N) is 1. The van der Waals surface area contributed by atoms with E-state index in [-0.39, 0.29) is 30.3 Å². The maximum atomic E-state index is 14.0. The lowest BCUT2D eigenvalue weighted by Gasteiger charge is -2.36. The molecule has 1 saturated heterocycles. The number of aliphatic hydroxyl groups excluding tert-OH is 1. The highest BCUT2D eigenvalue weighted by atomic mass is 32.2. The average Bonchev–Trinajstić information content (AvgIpc) is 2.93. The van der Waals surface area contributed by atoms with Crippen molar-refractivity contribution in [2.45, 2.75) is 57.4 Å². The predicted molar refractivity (Wildman–Crippen MR) is 101 cm³/mol. The van der Waals surface area contributed by atoms with Gasteiger partial charge in [0.15, 0.2) is 5.82 Å². The van der Waals surface area contributed by atoms with Crippen molar-refractivity contribution in [3.05, 3.63) is 23.8 Å². The fourth-order valence-electron chi connectivity index (χ4n) is 3.22. The molecule has 1 fully saturated rings. The van der Waals surface area contributed by atoms with Crippen LogP contribution in [0.5, 0.6) is 0 Å². The van der Waals surface area contributed by atoms with Gasteiger partial charge in [0.2, 0.25) is 16.0 Å². The van der Waals surface area contributed by atoms with Gasteiger partial charge in [-0.1, -0.05) is 13.8 Å². The van der Waals surface area contributed by atoms with Gasteiger partial charge in [-0.25, -0.2) is 22.3 Å². The Morgan fingerprint density at radius 3 is 2.63 bits per heavy atom. The Morgan fingerprint density at radius 1 is 1.33 bits per heavy atom. The smallest absolute Gasteiger partial charge is 0.241 e. The van der Waals surface area contributed by atoms with Crippen molar-refractivity contribution in [2.75, 3.05) is 18.4 Å². The number of hydrogen-bond donors (Lipinski definition) is 2. The molecule has 1 aliphatic heterocycles. The molecule has 3 heterocycles. The highest BCUT2D eigenvalue weighted by Gasteiger charge is 2.35. The van der Waals surface area contributed by atoms with Gasteiger partial charge < -0.3 is 10.4 Å². The molecular weight excluding hydrogens is 373 g/mol. The third kappa shape index (κ3) is 3.78. The van der Waals surface area contributed by atoms with Crippen LogP contribution in [-0.4, -0.2) is 62.9 Å². The predicted octanol–water partition coefficient (Wildman–Crippen LogP) is 1.58. The van der Waals surface area contributed by atoms with Crippen LogP contribution in [0.15, 0.2) is 12.3 Å². The first kappa shape index (κ1) is 20.0. The number of nitrogens with one attached hydrogen (secondary N) is 1. The molecule has 0 unspecified atom stereocenters. The maximum absolute atomic E-state index is 14.0. The van der Waals surface area contributed by atoms with Crippen molar-refractivity contribution in [1.29, 1.82) is 0 Å². The third-order valence-corrected chi connectivity index (χ3v) is 7.15. The second kappa shape index (κ2) is 7.33. The van der Waals surface area contributed by atoms with Gasteiger partial charge >= 0.3 is 0 Å². The van der Waals surface area contributed by atoms with Gasteiger partial charge in [-0.2, -0.15) is 4.31 Å². The topological polar surface area (TPSA) is 99.8 Å². The highest BCUT2D eigenvalue weighted by molar-refractivity contribution is 7.89. The van der Waals surface area contributed by atoms with Crippen molar-refractivity contribution >= 4 is 21.5 Å². The van der Waals surface area contributed by atoms with E-state index in [0.29, 0.717) is 18.5 Å². The van der Waals surface area contributed by atoms with Crippen LogP contribution < -0.4 is 5.32 Å². The number of hydrogen-bond acceptors (Lipinski definition) is 6. The molecule has 2 N–H and O–H groups in total. The molecular formula is C17H26FN5O3S. The van der Waals surface area contributed by atoms with Gasteiger partial charge in [0.25, 0.3) is 0 Å². The number of piperidine rings is 1. The minimum Gasteiger partial charge on any atom is -0.390 e. The van der Waals surface area contributed by atoms with Gasteiger partial charge in [-0.15, -0.1) is 5.10 Å². The first-order valence-corrected chi connectivity index (χ1v) is 10.6. The molecule has 0 saturated carbocycles. The molecule has 0 bridgehead atoms. The van der Waals surface area contributed by atoms with Gasteiger partial charge in [-0.05, 0) is 32.3 Å². The van der Waals surface area contributed by atoms with Gasteiger partial charge in [0.1, 0.15) is 5.52 Å². The van der Waals surface area contributed by atoms with E-state index in [1.54, 1.807) is 13.8 Å². The van der Waals surface area contributed by atoms with E-state index < -0.39 is 21.4 Å². The number of sulfonamides is 1. The molecule has 0 aliphatic carbocycles. The second-order valence-corrected chi connectivity index (χ2v) is 10.00. The van der Waals surface area contributed by atoms with Gasteiger partial charge in [-0.3, -0.25) is 0 Å². The van der Waals surface area contributed by atoms with Gasteiger partial charge in [0.05, 0.1) is 23.6 Å². The summed E-state index contributed by atoms with van der Waals surface area (Å²) in [6.45, 7) is 7.48. The molecule has 2 atom stereocenters. The summed E-state index contributed by atoms with van der Waals surface area (Å²) in [5.74, 6) is -0.0264. The summed E-state index contributed by atoms with van der Waals surface area (Å²) < 4.78 is 41.4. The monoisotopic (exact) mass is 399 g/mol. The number of fused-ring (bicyclic) bond motifs is 1. The summed E-state index contributed by atoms with van der Waals surface area (Å²) in [6.07, 6.45) is 0.935. The summed E-state index contributed by atoms with van der Waals surface area (Å²) in [4.78, 5) is 4.14. The fourth-order valence-corrected chi connectivity index (χ4v) is 4.54. The van der Waals surface area contributed by atoms with Crippen LogP contribution in [0.1, 0.15) is 45.7 Å². The van der Waals surface area contributed by atoms with Crippen molar-refractivity contribution in [2.24, 2.45) is 0 Å². The number of aromatic nitrogens is 3. The van der Waals surface area contributed by atoms with E-state index >= 15 is 0 Å². The van der Waals surface area contributed by atoms with E-state index in [4.69, 9.17) is 0 Å². The van der Waals surface area contributed by atoms with Crippen molar-refractivity contribution < 1.29 is 17.9 Å². The van der Waals surface area contributed by atoms with Crippen LogP contribution in [0, 0.1) is 5.82 Å². The van der Waals surface area contributed by atoms with E-state index in [9.17, 15) is 17.9 Å². The molecule has 0 radical (unpaired) electrons. The number of rotatable bonds is 5. The Morgan fingerprint density at radius 2 is 2.04 bits per heavy atom. The summed E-state index contributed by atoms with van der Waals surface area (Å²) in [5, 5.41) is 17.3. The van der Waals surface area contributed by atoms with Crippen LogP contribution in [0.2, 0.25) is 0 Å². The van der Waals surface area contributed by atoms with E-state index in [1.165, 1.54) is 21.1 Å². The van der Waals surface area contributed by atoms with Crippen molar-refractivity contribution in [3.63, 3.8) is 0 Å². The third-order valence-electron chi connectivity index (χ3n) is 4.90. The van der Waals surface area contributed by atoms with Crippen molar-refractivity contribution in [1.82, 2.24) is 18.9 Å². The molecule has 0 amide bonds. The van der Waals surface area contributed by atoms with Crippen LogP contribution >= 0.6 is 0 Å². The number of nitrogens with zero attached hydrogens (tertiary/aromatic N) is 4. The molecule has 2 aromatic rings. The standard InChI is InChI=1S/C17H26FN5O3S/c1-10(2)14-7-12(18)15-8-19-17(21-23(14)15)20-13-5-6-22(9-16(13)24)27(25,26)11(3)4/h7-8,10-11,13,16,24H,5-6,9H2,1-4H3,(H,20,21)/t13-,16-/m1/s1. The van der Waals surface area contributed by atoms with Crippen LogP contribution in [0.4, 0.5) is 10.3 Å². The van der Waals surface area contributed by atoms with E-state index in [2.05, 4.69) is 15.4 Å². The Kier molecular flexibility index (Phi) is 5.42. The zero-order chi connectivity index (χ0) is 19.9. The maximum Gasteiger partial charge on any atom is 0.241 e. The quantitative estimate of drug-likeness (QED) is 0.792. The zero-order valence-electron chi connectivity index (χ0n) is 15.9. The lowest BCUT2D eigenvalue weighted by Crippen LogP contribution is -2.53. The lowest BCUT2D eigenvalue weighted by molar-refractivity contribution is 0.0944. The normalized spacial score (nSPS) is 22.1. The van der Waals surface area contributed by atoms with Crippen molar-refractivity contribution in [3.8, 4) is 0 Å².